The minimum atomic E-state index is -3.29. The largest absolute Gasteiger partial charge is 0.352 e. The summed E-state index contributed by atoms with van der Waals surface area (Å²) < 4.78 is 24.5. The lowest BCUT2D eigenvalue weighted by molar-refractivity contribution is -0.126. The Bertz CT molecular complexity index is 367. The third kappa shape index (κ3) is 3.96. The average molecular weight is 262 g/mol. The van der Waals surface area contributed by atoms with Crippen LogP contribution in [-0.4, -0.2) is 43.5 Å². The van der Waals surface area contributed by atoms with Gasteiger partial charge in [-0.3, -0.25) is 4.79 Å². The molecule has 1 N–H and O–H groups in total. The Balaban J connectivity index is 2.75. The Hall–Kier alpha value is -0.620. The molecule has 0 saturated carbocycles. The fourth-order valence-electron chi connectivity index (χ4n) is 2.01. The number of nitrogens with zero attached hydrogens (tertiary/aromatic N) is 1. The van der Waals surface area contributed by atoms with Crippen molar-refractivity contribution in [2.24, 2.45) is 0 Å². The first-order chi connectivity index (χ1) is 7.86. The molecule has 5 nitrogen and oxygen atoms in total. The van der Waals surface area contributed by atoms with Crippen molar-refractivity contribution >= 4 is 15.9 Å². The van der Waals surface area contributed by atoms with Gasteiger partial charge in [0, 0.05) is 12.6 Å². The molecule has 0 spiro atoms. The predicted octanol–water partition coefficient (Wildman–Crippen LogP) is 0.715. The highest BCUT2D eigenvalue weighted by Gasteiger charge is 2.34. The Kier molecular flexibility index (Phi) is 4.94. The molecule has 2 atom stereocenters. The van der Waals surface area contributed by atoms with E-state index < -0.39 is 16.1 Å². The van der Waals surface area contributed by atoms with Crippen LogP contribution in [0.3, 0.4) is 0 Å². The van der Waals surface area contributed by atoms with Gasteiger partial charge < -0.3 is 5.32 Å². The number of piperidine rings is 1. The van der Waals surface area contributed by atoms with Gasteiger partial charge >= 0.3 is 0 Å². The van der Waals surface area contributed by atoms with Gasteiger partial charge in [-0.2, -0.15) is 4.31 Å². The highest BCUT2D eigenvalue weighted by atomic mass is 32.2. The van der Waals surface area contributed by atoms with Crippen LogP contribution in [0, 0.1) is 0 Å². The van der Waals surface area contributed by atoms with Crippen LogP contribution in [0.4, 0.5) is 0 Å². The zero-order chi connectivity index (χ0) is 13.1. The van der Waals surface area contributed by atoms with Gasteiger partial charge in [-0.1, -0.05) is 13.3 Å². The zero-order valence-electron chi connectivity index (χ0n) is 10.8. The molecule has 0 aromatic heterocycles. The highest BCUT2D eigenvalue weighted by molar-refractivity contribution is 7.88. The van der Waals surface area contributed by atoms with Crippen molar-refractivity contribution in [2.45, 2.75) is 51.6 Å². The molecule has 1 fully saturated rings. The van der Waals surface area contributed by atoms with E-state index in [0.717, 1.165) is 19.3 Å². The van der Waals surface area contributed by atoms with Gasteiger partial charge in [0.25, 0.3) is 0 Å². The zero-order valence-corrected chi connectivity index (χ0v) is 11.6. The van der Waals surface area contributed by atoms with Crippen LogP contribution in [0.5, 0.6) is 0 Å². The number of nitrogens with one attached hydrogen (secondary N) is 1. The molecular formula is C11H22N2O3S. The molecule has 1 rings (SSSR count). The predicted molar refractivity (Wildman–Crippen MR) is 67.1 cm³/mol. The minimum absolute atomic E-state index is 0.0887. The van der Waals surface area contributed by atoms with E-state index >= 15 is 0 Å². The quantitative estimate of drug-likeness (QED) is 0.811. The van der Waals surface area contributed by atoms with Crippen LogP contribution in [0.25, 0.3) is 0 Å². The molecule has 100 valence electrons. The molecule has 0 aromatic rings. The fraction of sp³-hybridized carbons (Fsp3) is 0.909. The molecule has 1 saturated heterocycles. The van der Waals surface area contributed by atoms with Crippen molar-refractivity contribution in [2.75, 3.05) is 12.8 Å². The maximum Gasteiger partial charge on any atom is 0.238 e. The number of rotatable bonds is 4. The lowest BCUT2D eigenvalue weighted by atomic mass is 10.0. The van der Waals surface area contributed by atoms with Gasteiger partial charge in [0.2, 0.25) is 15.9 Å². The molecule has 1 aliphatic heterocycles. The van der Waals surface area contributed by atoms with Gasteiger partial charge in [0.15, 0.2) is 0 Å². The lowest BCUT2D eigenvalue weighted by Gasteiger charge is -2.33. The molecule has 0 aromatic carbocycles. The van der Waals surface area contributed by atoms with E-state index in [-0.39, 0.29) is 11.9 Å². The first-order valence-corrected chi connectivity index (χ1v) is 7.98. The normalized spacial score (nSPS) is 24.3. The summed E-state index contributed by atoms with van der Waals surface area (Å²) >= 11 is 0. The standard InChI is InChI=1S/C11H22N2O3S/c1-4-9(2)12-11(14)10-7-5-6-8-13(10)17(3,15)16/h9-10H,4-8H2,1-3H3,(H,12,14)/t9-,10-/m1/s1. The van der Waals surface area contributed by atoms with Gasteiger partial charge in [0.05, 0.1) is 6.26 Å². The number of carbonyl (C=O) groups excluding carboxylic acids is 1. The third-order valence-electron chi connectivity index (χ3n) is 3.18. The second-order valence-electron chi connectivity index (χ2n) is 4.70. The van der Waals surface area contributed by atoms with Crippen LogP contribution in [0.15, 0.2) is 0 Å². The summed E-state index contributed by atoms with van der Waals surface area (Å²) in [6.45, 7) is 4.36. The minimum Gasteiger partial charge on any atom is -0.352 e. The maximum absolute atomic E-state index is 12.0. The summed E-state index contributed by atoms with van der Waals surface area (Å²) in [7, 11) is -3.29. The van der Waals surface area contributed by atoms with Gasteiger partial charge in [0.1, 0.15) is 6.04 Å². The van der Waals surface area contributed by atoms with E-state index in [9.17, 15) is 13.2 Å². The van der Waals surface area contributed by atoms with E-state index in [2.05, 4.69) is 5.32 Å². The first-order valence-electron chi connectivity index (χ1n) is 6.13. The number of carbonyl (C=O) groups is 1. The summed E-state index contributed by atoms with van der Waals surface area (Å²) in [5, 5.41) is 2.86. The molecular weight excluding hydrogens is 240 g/mol. The Morgan fingerprint density at radius 2 is 2.12 bits per heavy atom. The topological polar surface area (TPSA) is 66.5 Å². The molecule has 17 heavy (non-hydrogen) atoms. The van der Waals surface area contributed by atoms with Crippen molar-refractivity contribution in [1.29, 1.82) is 0 Å². The van der Waals surface area contributed by atoms with Gasteiger partial charge in [-0.25, -0.2) is 8.42 Å². The van der Waals surface area contributed by atoms with Gasteiger partial charge in [-0.05, 0) is 26.2 Å². The van der Waals surface area contributed by atoms with E-state index in [4.69, 9.17) is 0 Å². The second kappa shape index (κ2) is 5.82. The van der Waals surface area contributed by atoms with Crippen molar-refractivity contribution < 1.29 is 13.2 Å². The summed E-state index contributed by atoms with van der Waals surface area (Å²) in [6.07, 6.45) is 4.37. The highest BCUT2D eigenvalue weighted by Crippen LogP contribution is 2.20. The SMILES string of the molecule is CC[C@@H](C)NC(=O)[C@H]1CCCCN1S(C)(=O)=O. The fourth-order valence-corrected chi connectivity index (χ4v) is 3.13. The summed E-state index contributed by atoms with van der Waals surface area (Å²) in [6, 6.07) is -0.432. The van der Waals surface area contributed by atoms with E-state index in [1.54, 1.807) is 0 Å². The van der Waals surface area contributed by atoms with E-state index in [1.807, 2.05) is 13.8 Å². The average Bonchev–Trinajstić information content (AvgIpc) is 2.27. The number of hydrogen-bond acceptors (Lipinski definition) is 3. The Morgan fingerprint density at radius 3 is 2.65 bits per heavy atom. The molecule has 0 radical (unpaired) electrons. The Morgan fingerprint density at radius 1 is 1.47 bits per heavy atom. The molecule has 0 bridgehead atoms. The van der Waals surface area contributed by atoms with Crippen LogP contribution in [0.1, 0.15) is 39.5 Å². The molecule has 1 amide bonds. The van der Waals surface area contributed by atoms with Crippen molar-refractivity contribution in [1.82, 2.24) is 9.62 Å². The smallest absolute Gasteiger partial charge is 0.238 e. The molecule has 1 heterocycles. The maximum atomic E-state index is 12.0. The van der Waals surface area contributed by atoms with Crippen molar-refractivity contribution in [3.05, 3.63) is 0 Å². The summed E-state index contributed by atoms with van der Waals surface area (Å²) in [4.78, 5) is 12.0. The summed E-state index contributed by atoms with van der Waals surface area (Å²) in [5.74, 6) is -0.163. The van der Waals surface area contributed by atoms with Crippen molar-refractivity contribution in [3.63, 3.8) is 0 Å². The Labute approximate surface area is 104 Å². The number of hydrogen-bond donors (Lipinski definition) is 1. The first kappa shape index (κ1) is 14.4. The molecule has 1 aliphatic rings. The van der Waals surface area contributed by atoms with Crippen LogP contribution in [-0.2, 0) is 14.8 Å². The second-order valence-corrected chi connectivity index (χ2v) is 6.64. The molecule has 0 aliphatic carbocycles. The third-order valence-corrected chi connectivity index (χ3v) is 4.47. The monoisotopic (exact) mass is 262 g/mol. The van der Waals surface area contributed by atoms with Gasteiger partial charge in [-0.15, -0.1) is 0 Å². The van der Waals surface area contributed by atoms with Crippen LogP contribution in [0.2, 0.25) is 0 Å². The number of sulfonamides is 1. The van der Waals surface area contributed by atoms with Crippen LogP contribution >= 0.6 is 0 Å². The van der Waals surface area contributed by atoms with Crippen molar-refractivity contribution in [3.8, 4) is 0 Å². The molecule has 0 unspecified atom stereocenters. The molecule has 6 heteroatoms. The lowest BCUT2D eigenvalue weighted by Crippen LogP contribution is -2.52. The number of amides is 1. The summed E-state index contributed by atoms with van der Waals surface area (Å²) in [5.41, 5.74) is 0. The van der Waals surface area contributed by atoms with E-state index in [1.165, 1.54) is 10.6 Å². The van der Waals surface area contributed by atoms with E-state index in [0.29, 0.717) is 13.0 Å². The van der Waals surface area contributed by atoms with Crippen LogP contribution < -0.4 is 5.32 Å².